The first-order valence-corrected chi connectivity index (χ1v) is 9.86. The van der Waals surface area contributed by atoms with E-state index >= 15 is 0 Å². The maximum Gasteiger partial charge on any atom is 0.230 e. The Hall–Kier alpha value is -1.53. The average molecular weight is 367 g/mol. The van der Waals surface area contributed by atoms with Crippen LogP contribution in [0.15, 0.2) is 48.5 Å². The molecule has 0 spiro atoms. The van der Waals surface area contributed by atoms with Crippen molar-refractivity contribution < 1.29 is 13.6 Å². The Kier molecular flexibility index (Phi) is 8.12. The quantitative estimate of drug-likeness (QED) is 0.672. The summed E-state index contributed by atoms with van der Waals surface area (Å²) in [5, 5.41) is 2.84. The van der Waals surface area contributed by atoms with Gasteiger partial charge in [-0.15, -0.1) is 11.8 Å². The number of rotatable bonds is 9. The molecule has 2 rings (SSSR count). The Morgan fingerprint density at radius 3 is 2.46 bits per heavy atom. The molecule has 0 saturated carbocycles. The van der Waals surface area contributed by atoms with Crippen LogP contribution >= 0.6 is 23.5 Å². The summed E-state index contributed by atoms with van der Waals surface area (Å²) < 4.78 is 26.2. The van der Waals surface area contributed by atoms with Crippen molar-refractivity contribution in [2.75, 3.05) is 18.1 Å². The van der Waals surface area contributed by atoms with Gasteiger partial charge in [-0.05, 0) is 29.3 Å². The Labute approximate surface area is 149 Å². The number of hydrogen-bond donors (Lipinski definition) is 1. The van der Waals surface area contributed by atoms with Crippen molar-refractivity contribution in [1.29, 1.82) is 0 Å². The van der Waals surface area contributed by atoms with Crippen LogP contribution in [0.1, 0.15) is 11.1 Å². The Balaban J connectivity index is 1.53. The predicted molar refractivity (Wildman–Crippen MR) is 98.1 cm³/mol. The molecular weight excluding hydrogens is 348 g/mol. The van der Waals surface area contributed by atoms with E-state index in [0.717, 1.165) is 11.3 Å². The van der Waals surface area contributed by atoms with E-state index in [2.05, 4.69) is 5.32 Å². The van der Waals surface area contributed by atoms with Crippen molar-refractivity contribution >= 4 is 29.4 Å². The van der Waals surface area contributed by atoms with E-state index in [-0.39, 0.29) is 17.5 Å². The summed E-state index contributed by atoms with van der Waals surface area (Å²) in [4.78, 5) is 11.7. The lowest BCUT2D eigenvalue weighted by molar-refractivity contribution is -0.118. The van der Waals surface area contributed by atoms with Gasteiger partial charge in [0.1, 0.15) is 11.6 Å². The summed E-state index contributed by atoms with van der Waals surface area (Å²) in [6, 6.07) is 13.0. The normalized spacial score (nSPS) is 10.6. The number of hydrogen-bond acceptors (Lipinski definition) is 3. The third-order valence-electron chi connectivity index (χ3n) is 3.20. The highest BCUT2D eigenvalue weighted by Crippen LogP contribution is 2.15. The lowest BCUT2D eigenvalue weighted by Crippen LogP contribution is -2.27. The molecule has 2 aromatic rings. The molecule has 1 N–H and O–H groups in total. The molecule has 0 atom stereocenters. The second-order valence-corrected chi connectivity index (χ2v) is 7.20. The fourth-order valence-electron chi connectivity index (χ4n) is 1.95. The Morgan fingerprint density at radius 2 is 1.71 bits per heavy atom. The molecule has 6 heteroatoms. The zero-order valence-corrected chi connectivity index (χ0v) is 14.8. The third kappa shape index (κ3) is 6.93. The molecular formula is C18H19F2NOS2. The number of thioether (sulfide) groups is 2. The maximum atomic E-state index is 13.4. The van der Waals surface area contributed by atoms with Gasteiger partial charge in [-0.25, -0.2) is 8.78 Å². The van der Waals surface area contributed by atoms with Crippen LogP contribution in [0.3, 0.4) is 0 Å². The van der Waals surface area contributed by atoms with Crippen LogP contribution < -0.4 is 5.32 Å². The van der Waals surface area contributed by atoms with Gasteiger partial charge < -0.3 is 5.32 Å². The van der Waals surface area contributed by atoms with Gasteiger partial charge in [0.05, 0.1) is 5.75 Å². The van der Waals surface area contributed by atoms with E-state index < -0.39 is 0 Å². The van der Waals surface area contributed by atoms with Crippen molar-refractivity contribution in [2.45, 2.75) is 11.5 Å². The zero-order valence-electron chi connectivity index (χ0n) is 13.1. The topological polar surface area (TPSA) is 29.1 Å². The summed E-state index contributed by atoms with van der Waals surface area (Å²) in [6.07, 6.45) is 0. The van der Waals surface area contributed by atoms with E-state index in [0.29, 0.717) is 29.4 Å². The van der Waals surface area contributed by atoms with E-state index in [9.17, 15) is 13.6 Å². The van der Waals surface area contributed by atoms with Crippen LogP contribution in [0.25, 0.3) is 0 Å². The SMILES string of the molecule is O=C(CSCc1ccc(F)cc1)NCCSCc1ccccc1F. The zero-order chi connectivity index (χ0) is 17.2. The molecule has 2 aromatic carbocycles. The molecule has 0 aliphatic heterocycles. The number of nitrogens with one attached hydrogen (secondary N) is 1. The Bertz CT molecular complexity index is 650. The molecule has 2 nitrogen and oxygen atoms in total. The van der Waals surface area contributed by atoms with Crippen LogP contribution in [-0.2, 0) is 16.3 Å². The monoisotopic (exact) mass is 367 g/mol. The first kappa shape index (κ1) is 18.8. The van der Waals surface area contributed by atoms with Crippen LogP contribution in [0, 0.1) is 11.6 Å². The number of carbonyl (C=O) groups is 1. The number of amides is 1. The van der Waals surface area contributed by atoms with Crippen molar-refractivity contribution in [2.24, 2.45) is 0 Å². The molecule has 0 aromatic heterocycles. The number of benzene rings is 2. The molecule has 0 fully saturated rings. The van der Waals surface area contributed by atoms with Gasteiger partial charge in [0.2, 0.25) is 5.91 Å². The molecule has 0 saturated heterocycles. The van der Waals surface area contributed by atoms with Crippen molar-refractivity contribution in [3.63, 3.8) is 0 Å². The summed E-state index contributed by atoms with van der Waals surface area (Å²) in [6.45, 7) is 0.565. The third-order valence-corrected chi connectivity index (χ3v) is 5.21. The van der Waals surface area contributed by atoms with Gasteiger partial charge in [0, 0.05) is 23.8 Å². The largest absolute Gasteiger partial charge is 0.355 e. The van der Waals surface area contributed by atoms with E-state index in [1.54, 1.807) is 36.0 Å². The molecule has 0 aliphatic carbocycles. The van der Waals surface area contributed by atoms with Gasteiger partial charge in [0.25, 0.3) is 0 Å². The van der Waals surface area contributed by atoms with Crippen LogP contribution in [-0.4, -0.2) is 24.0 Å². The highest BCUT2D eigenvalue weighted by molar-refractivity contribution is 7.99. The smallest absolute Gasteiger partial charge is 0.230 e. The van der Waals surface area contributed by atoms with Gasteiger partial charge in [0.15, 0.2) is 0 Å². The fraction of sp³-hybridized carbons (Fsp3) is 0.278. The van der Waals surface area contributed by atoms with E-state index in [1.807, 2.05) is 6.07 Å². The standard InChI is InChI=1S/C18H19F2NOS2/c19-16-7-5-14(6-8-16)11-24-13-18(22)21-9-10-23-12-15-3-1-2-4-17(15)20/h1-8H,9-13H2,(H,21,22). The van der Waals surface area contributed by atoms with Crippen LogP contribution in [0.4, 0.5) is 8.78 Å². The molecule has 24 heavy (non-hydrogen) atoms. The molecule has 0 radical (unpaired) electrons. The second kappa shape index (κ2) is 10.4. The number of halogens is 2. The first-order valence-electron chi connectivity index (χ1n) is 7.55. The van der Waals surface area contributed by atoms with E-state index in [1.165, 1.54) is 30.0 Å². The van der Waals surface area contributed by atoms with Crippen LogP contribution in [0.5, 0.6) is 0 Å². The lowest BCUT2D eigenvalue weighted by atomic mass is 10.2. The van der Waals surface area contributed by atoms with Crippen molar-refractivity contribution in [3.8, 4) is 0 Å². The number of carbonyl (C=O) groups excluding carboxylic acids is 1. The van der Waals surface area contributed by atoms with Crippen molar-refractivity contribution in [3.05, 3.63) is 71.3 Å². The van der Waals surface area contributed by atoms with Gasteiger partial charge in [-0.1, -0.05) is 30.3 Å². The maximum absolute atomic E-state index is 13.4. The summed E-state index contributed by atoms with van der Waals surface area (Å²) in [5.74, 6) is 1.92. The lowest BCUT2D eigenvalue weighted by Gasteiger charge is -2.06. The highest BCUT2D eigenvalue weighted by atomic mass is 32.2. The minimum Gasteiger partial charge on any atom is -0.355 e. The summed E-state index contributed by atoms with van der Waals surface area (Å²) in [5.41, 5.74) is 1.68. The molecule has 1 amide bonds. The fourth-order valence-corrected chi connectivity index (χ4v) is 3.62. The van der Waals surface area contributed by atoms with Gasteiger partial charge in [-0.3, -0.25) is 4.79 Å². The van der Waals surface area contributed by atoms with Crippen LogP contribution in [0.2, 0.25) is 0 Å². The van der Waals surface area contributed by atoms with Gasteiger partial charge >= 0.3 is 0 Å². The van der Waals surface area contributed by atoms with E-state index in [4.69, 9.17) is 0 Å². The highest BCUT2D eigenvalue weighted by Gasteiger charge is 2.03. The average Bonchev–Trinajstić information content (AvgIpc) is 2.58. The minimum atomic E-state index is -0.255. The Morgan fingerprint density at radius 1 is 0.958 bits per heavy atom. The summed E-state index contributed by atoms with van der Waals surface area (Å²) in [7, 11) is 0. The van der Waals surface area contributed by atoms with Gasteiger partial charge in [-0.2, -0.15) is 11.8 Å². The molecule has 0 aliphatic rings. The molecule has 0 bridgehead atoms. The molecule has 0 unspecified atom stereocenters. The second-order valence-electron chi connectivity index (χ2n) is 5.11. The predicted octanol–water partition coefficient (Wildman–Crippen LogP) is 4.25. The molecule has 0 heterocycles. The summed E-state index contributed by atoms with van der Waals surface area (Å²) >= 11 is 3.08. The first-order chi connectivity index (χ1) is 11.6. The van der Waals surface area contributed by atoms with Crippen molar-refractivity contribution in [1.82, 2.24) is 5.32 Å². The minimum absolute atomic E-state index is 0.0198. The molecule has 128 valence electrons.